The fraction of sp³-hybridized carbons (Fsp3) is 0.0909. The van der Waals surface area contributed by atoms with Gasteiger partial charge >= 0.3 is 0 Å². The molecule has 0 saturated carbocycles. The molecule has 0 fully saturated rings. The summed E-state index contributed by atoms with van der Waals surface area (Å²) in [7, 11) is 0. The van der Waals surface area contributed by atoms with Crippen LogP contribution < -0.4 is 10.1 Å². The number of aryl methyl sites for hydroxylation is 1. The summed E-state index contributed by atoms with van der Waals surface area (Å²) in [5, 5.41) is 7.47. The Morgan fingerprint density at radius 1 is 0.926 bits per heavy atom. The first-order chi connectivity index (χ1) is 13.3. The number of nitrogens with zero attached hydrogens (tertiary/aromatic N) is 2. The van der Waals surface area contributed by atoms with Gasteiger partial charge in [0, 0.05) is 29.2 Å². The molecular weight excluding hydrogens is 338 g/mol. The first-order valence-corrected chi connectivity index (χ1v) is 8.72. The SMILES string of the molecule is Cc1cc(NCc2cc(-c3ccc(Oc4ccccc4)cc3)no2)ccn1. The van der Waals surface area contributed by atoms with Gasteiger partial charge in [0.1, 0.15) is 17.2 Å². The number of para-hydroxylation sites is 1. The van der Waals surface area contributed by atoms with Crippen molar-refractivity contribution in [3.05, 3.63) is 90.4 Å². The summed E-state index contributed by atoms with van der Waals surface area (Å²) in [6.45, 7) is 2.52. The first-order valence-electron chi connectivity index (χ1n) is 8.72. The van der Waals surface area contributed by atoms with Gasteiger partial charge in [0.15, 0.2) is 5.76 Å². The zero-order valence-corrected chi connectivity index (χ0v) is 14.9. The molecule has 0 aliphatic heterocycles. The lowest BCUT2D eigenvalue weighted by molar-refractivity contribution is 0.390. The largest absolute Gasteiger partial charge is 0.457 e. The second-order valence-electron chi connectivity index (χ2n) is 6.16. The molecule has 0 unspecified atom stereocenters. The van der Waals surface area contributed by atoms with E-state index in [2.05, 4.69) is 15.5 Å². The molecular formula is C22H19N3O2. The highest BCUT2D eigenvalue weighted by molar-refractivity contribution is 5.60. The van der Waals surface area contributed by atoms with Gasteiger partial charge in [-0.2, -0.15) is 0 Å². The number of hydrogen-bond acceptors (Lipinski definition) is 5. The van der Waals surface area contributed by atoms with Crippen LogP contribution >= 0.6 is 0 Å². The Kier molecular flexibility index (Phi) is 4.83. The predicted octanol–water partition coefficient (Wildman–Crippen LogP) is 5.45. The third-order valence-electron chi connectivity index (χ3n) is 4.05. The van der Waals surface area contributed by atoms with Crippen LogP contribution in [0.15, 0.2) is 83.5 Å². The maximum Gasteiger partial charge on any atom is 0.156 e. The minimum absolute atomic E-state index is 0.561. The smallest absolute Gasteiger partial charge is 0.156 e. The van der Waals surface area contributed by atoms with Crippen molar-refractivity contribution in [1.29, 1.82) is 0 Å². The number of rotatable bonds is 6. The van der Waals surface area contributed by atoms with E-state index in [0.29, 0.717) is 6.54 Å². The Morgan fingerprint density at radius 2 is 1.70 bits per heavy atom. The van der Waals surface area contributed by atoms with E-state index in [9.17, 15) is 0 Å². The molecule has 2 heterocycles. The van der Waals surface area contributed by atoms with Crippen molar-refractivity contribution >= 4 is 5.69 Å². The molecule has 0 aliphatic rings. The van der Waals surface area contributed by atoms with Crippen molar-refractivity contribution < 1.29 is 9.26 Å². The van der Waals surface area contributed by atoms with Gasteiger partial charge in [-0.3, -0.25) is 4.98 Å². The fourth-order valence-corrected chi connectivity index (χ4v) is 2.70. The van der Waals surface area contributed by atoms with Gasteiger partial charge in [0.25, 0.3) is 0 Å². The van der Waals surface area contributed by atoms with Crippen LogP contribution in [0.3, 0.4) is 0 Å². The second-order valence-corrected chi connectivity index (χ2v) is 6.16. The number of ether oxygens (including phenoxy) is 1. The summed E-state index contributed by atoms with van der Waals surface area (Å²) in [5.41, 5.74) is 3.74. The fourth-order valence-electron chi connectivity index (χ4n) is 2.70. The summed E-state index contributed by atoms with van der Waals surface area (Å²) in [6, 6.07) is 23.4. The van der Waals surface area contributed by atoms with Crippen molar-refractivity contribution in [3.63, 3.8) is 0 Å². The van der Waals surface area contributed by atoms with E-state index < -0.39 is 0 Å². The van der Waals surface area contributed by atoms with Crippen LogP contribution in [0.4, 0.5) is 5.69 Å². The number of hydrogen-bond donors (Lipinski definition) is 1. The summed E-state index contributed by atoms with van der Waals surface area (Å²) in [5.74, 6) is 2.36. The Labute approximate surface area is 157 Å². The highest BCUT2D eigenvalue weighted by Crippen LogP contribution is 2.25. The molecule has 4 rings (SSSR count). The van der Waals surface area contributed by atoms with E-state index in [-0.39, 0.29) is 0 Å². The topological polar surface area (TPSA) is 60.2 Å². The molecule has 4 aromatic rings. The molecule has 134 valence electrons. The van der Waals surface area contributed by atoms with Crippen LogP contribution in [-0.4, -0.2) is 10.1 Å². The molecule has 0 saturated heterocycles. The van der Waals surface area contributed by atoms with Crippen LogP contribution in [0, 0.1) is 6.92 Å². The van der Waals surface area contributed by atoms with Crippen LogP contribution in [0.2, 0.25) is 0 Å². The van der Waals surface area contributed by atoms with Gasteiger partial charge in [-0.1, -0.05) is 23.4 Å². The van der Waals surface area contributed by atoms with Crippen molar-refractivity contribution in [3.8, 4) is 22.8 Å². The zero-order chi connectivity index (χ0) is 18.5. The molecule has 1 N–H and O–H groups in total. The molecule has 0 amide bonds. The molecule has 0 radical (unpaired) electrons. The summed E-state index contributed by atoms with van der Waals surface area (Å²) in [4.78, 5) is 4.19. The van der Waals surface area contributed by atoms with Crippen LogP contribution in [0.25, 0.3) is 11.3 Å². The van der Waals surface area contributed by atoms with Crippen LogP contribution in [-0.2, 0) is 6.54 Å². The highest BCUT2D eigenvalue weighted by Gasteiger charge is 2.07. The summed E-state index contributed by atoms with van der Waals surface area (Å²) >= 11 is 0. The summed E-state index contributed by atoms with van der Waals surface area (Å²) < 4.78 is 11.3. The third-order valence-corrected chi connectivity index (χ3v) is 4.05. The van der Waals surface area contributed by atoms with Crippen LogP contribution in [0.5, 0.6) is 11.5 Å². The number of aromatic nitrogens is 2. The zero-order valence-electron chi connectivity index (χ0n) is 14.9. The van der Waals surface area contributed by atoms with Crippen LogP contribution in [0.1, 0.15) is 11.5 Å². The lowest BCUT2D eigenvalue weighted by Gasteiger charge is -2.05. The van der Waals surface area contributed by atoms with Gasteiger partial charge in [-0.15, -0.1) is 0 Å². The second kappa shape index (κ2) is 7.74. The van der Waals surface area contributed by atoms with E-state index in [1.54, 1.807) is 6.20 Å². The molecule has 0 atom stereocenters. The Hall–Kier alpha value is -3.60. The van der Waals surface area contributed by atoms with Gasteiger partial charge in [-0.05, 0) is 55.5 Å². The first kappa shape index (κ1) is 16.8. The number of benzene rings is 2. The number of nitrogens with one attached hydrogen (secondary N) is 1. The summed E-state index contributed by atoms with van der Waals surface area (Å²) in [6.07, 6.45) is 1.78. The number of pyridine rings is 1. The highest BCUT2D eigenvalue weighted by atomic mass is 16.5. The lowest BCUT2D eigenvalue weighted by atomic mass is 10.1. The third kappa shape index (κ3) is 4.33. The monoisotopic (exact) mass is 357 g/mol. The van der Waals surface area contributed by atoms with E-state index in [0.717, 1.165) is 39.9 Å². The van der Waals surface area contributed by atoms with Gasteiger partial charge in [0.2, 0.25) is 0 Å². The van der Waals surface area contributed by atoms with E-state index in [4.69, 9.17) is 9.26 Å². The molecule has 0 spiro atoms. The van der Waals surface area contributed by atoms with Crippen molar-refractivity contribution in [2.45, 2.75) is 13.5 Å². The van der Waals surface area contributed by atoms with Crippen molar-refractivity contribution in [2.75, 3.05) is 5.32 Å². The molecule has 5 nitrogen and oxygen atoms in total. The molecule has 27 heavy (non-hydrogen) atoms. The van der Waals surface area contributed by atoms with Crippen molar-refractivity contribution in [2.24, 2.45) is 0 Å². The standard InChI is InChI=1S/C22H19N3O2/c1-16-13-18(11-12-23-16)24-15-21-14-22(25-27-21)17-7-9-20(10-8-17)26-19-5-3-2-4-6-19/h2-14H,15H2,1H3,(H,23,24). The molecule has 0 aliphatic carbocycles. The normalized spacial score (nSPS) is 10.6. The molecule has 5 heteroatoms. The Bertz CT molecular complexity index is 1010. The van der Waals surface area contributed by atoms with Crippen molar-refractivity contribution in [1.82, 2.24) is 10.1 Å². The quantitative estimate of drug-likeness (QED) is 0.497. The van der Waals surface area contributed by atoms with Gasteiger partial charge < -0.3 is 14.6 Å². The van der Waals surface area contributed by atoms with E-state index in [1.807, 2.05) is 79.7 Å². The molecule has 2 aromatic heterocycles. The number of anilines is 1. The van der Waals surface area contributed by atoms with E-state index >= 15 is 0 Å². The predicted molar refractivity (Wildman–Crippen MR) is 105 cm³/mol. The maximum absolute atomic E-state index is 5.81. The molecule has 0 bridgehead atoms. The van der Waals surface area contributed by atoms with Gasteiger partial charge in [0.05, 0.1) is 6.54 Å². The minimum atomic E-state index is 0.561. The van der Waals surface area contributed by atoms with Gasteiger partial charge in [-0.25, -0.2) is 0 Å². The average Bonchev–Trinajstić information content (AvgIpc) is 3.17. The minimum Gasteiger partial charge on any atom is -0.457 e. The lowest BCUT2D eigenvalue weighted by Crippen LogP contribution is -1.98. The average molecular weight is 357 g/mol. The Balaban J connectivity index is 1.40. The maximum atomic E-state index is 5.81. The van der Waals surface area contributed by atoms with E-state index in [1.165, 1.54) is 0 Å². The molecule has 2 aromatic carbocycles. The Morgan fingerprint density at radius 3 is 2.48 bits per heavy atom.